The highest BCUT2D eigenvalue weighted by Gasteiger charge is 2.53. The number of nitrogens with zero attached hydrogens (tertiary/aromatic N) is 2. The van der Waals surface area contributed by atoms with E-state index in [2.05, 4.69) is 5.32 Å². The van der Waals surface area contributed by atoms with Crippen LogP contribution in [0.2, 0.25) is 0 Å². The Balaban J connectivity index is 1.87. The Kier molecular flexibility index (Phi) is 5.22. The Hall–Kier alpha value is -3.16. The van der Waals surface area contributed by atoms with Crippen LogP contribution in [-0.4, -0.2) is 51.9 Å². The molecule has 3 rings (SSSR count). The Morgan fingerprint density at radius 1 is 1.32 bits per heavy atom. The number of carbonyl (C=O) groups excluding carboxylic acids is 3. The molecular weight excluding hydrogens is 362 g/mol. The van der Waals surface area contributed by atoms with Crippen molar-refractivity contribution in [3.8, 4) is 0 Å². The lowest BCUT2D eigenvalue weighted by Gasteiger charge is -2.48. The number of carboxylic acids is 1. The molecule has 2 heterocycles. The van der Waals surface area contributed by atoms with E-state index in [-0.39, 0.29) is 31.2 Å². The number of hydrogen-bond donors (Lipinski definition) is 2. The van der Waals surface area contributed by atoms with Crippen LogP contribution < -0.4 is 10.2 Å². The van der Waals surface area contributed by atoms with Gasteiger partial charge in [-0.15, -0.1) is 0 Å². The number of aliphatic carboxylic acids is 1. The van der Waals surface area contributed by atoms with E-state index in [1.54, 1.807) is 55.2 Å². The molecule has 2 aliphatic heterocycles. The predicted molar refractivity (Wildman–Crippen MR) is 102 cm³/mol. The van der Waals surface area contributed by atoms with Gasteiger partial charge >= 0.3 is 5.97 Å². The maximum atomic E-state index is 13.1. The molecule has 1 aromatic rings. The molecule has 2 N–H and O–H groups in total. The Labute approximate surface area is 162 Å². The second kappa shape index (κ2) is 7.46. The monoisotopic (exact) mass is 385 g/mol. The molecule has 8 heteroatoms. The van der Waals surface area contributed by atoms with Crippen LogP contribution >= 0.6 is 0 Å². The number of carboxylic acid groups (broad SMARTS) is 1. The van der Waals surface area contributed by atoms with Crippen molar-refractivity contribution >= 4 is 29.4 Å². The number of rotatable bonds is 6. The molecule has 2 unspecified atom stereocenters. The van der Waals surface area contributed by atoms with Gasteiger partial charge in [0.2, 0.25) is 11.8 Å². The molecule has 148 valence electrons. The van der Waals surface area contributed by atoms with Crippen molar-refractivity contribution in [1.29, 1.82) is 0 Å². The third-order valence-electron chi connectivity index (χ3n) is 5.29. The molecule has 1 saturated heterocycles. The van der Waals surface area contributed by atoms with Crippen molar-refractivity contribution in [2.45, 2.75) is 44.8 Å². The maximum absolute atomic E-state index is 13.1. The summed E-state index contributed by atoms with van der Waals surface area (Å²) in [6.45, 7) is 3.19. The van der Waals surface area contributed by atoms with Gasteiger partial charge in [-0.2, -0.15) is 0 Å². The second-order valence-corrected chi connectivity index (χ2v) is 7.12. The average Bonchev–Trinajstić information content (AvgIpc) is 2.97. The number of carbonyl (C=O) groups is 4. The van der Waals surface area contributed by atoms with E-state index in [4.69, 9.17) is 0 Å². The quantitative estimate of drug-likeness (QED) is 0.722. The number of fused-ring (bicyclic) bond motifs is 3. The summed E-state index contributed by atoms with van der Waals surface area (Å²) < 4.78 is 0. The van der Waals surface area contributed by atoms with Crippen molar-refractivity contribution in [2.75, 3.05) is 11.4 Å². The van der Waals surface area contributed by atoms with Crippen molar-refractivity contribution in [3.05, 3.63) is 42.0 Å². The normalized spacial score (nSPS) is 22.2. The van der Waals surface area contributed by atoms with E-state index in [9.17, 15) is 24.3 Å². The highest BCUT2D eigenvalue weighted by Crippen LogP contribution is 2.43. The number of amides is 3. The molecule has 28 heavy (non-hydrogen) atoms. The van der Waals surface area contributed by atoms with E-state index < -0.39 is 23.6 Å². The molecular formula is C20H23N3O5. The van der Waals surface area contributed by atoms with Crippen LogP contribution in [0.1, 0.15) is 43.5 Å². The van der Waals surface area contributed by atoms with Gasteiger partial charge in [0.1, 0.15) is 18.2 Å². The fourth-order valence-corrected chi connectivity index (χ4v) is 3.82. The minimum atomic E-state index is -1.15. The van der Waals surface area contributed by atoms with Crippen LogP contribution in [0.15, 0.2) is 36.4 Å². The third-order valence-corrected chi connectivity index (χ3v) is 5.29. The maximum Gasteiger partial charge on any atom is 0.326 e. The van der Waals surface area contributed by atoms with Gasteiger partial charge in [0.05, 0.1) is 11.3 Å². The molecule has 2 aliphatic rings. The van der Waals surface area contributed by atoms with Crippen molar-refractivity contribution in [3.63, 3.8) is 0 Å². The summed E-state index contributed by atoms with van der Waals surface area (Å²) >= 11 is 0. The molecule has 0 saturated carbocycles. The van der Waals surface area contributed by atoms with Crippen molar-refractivity contribution in [2.24, 2.45) is 0 Å². The van der Waals surface area contributed by atoms with Gasteiger partial charge in [-0.25, -0.2) is 4.79 Å². The molecule has 1 fully saturated rings. The van der Waals surface area contributed by atoms with Crippen LogP contribution in [0, 0.1) is 0 Å². The van der Waals surface area contributed by atoms with Crippen molar-refractivity contribution < 1.29 is 24.3 Å². The first-order valence-electron chi connectivity index (χ1n) is 9.17. The lowest BCUT2D eigenvalue weighted by Crippen LogP contribution is -2.64. The van der Waals surface area contributed by atoms with Crippen molar-refractivity contribution in [1.82, 2.24) is 10.2 Å². The highest BCUT2D eigenvalue weighted by molar-refractivity contribution is 6.11. The zero-order valence-electron chi connectivity index (χ0n) is 15.8. The summed E-state index contributed by atoms with van der Waals surface area (Å²) in [6.07, 6.45) is 4.18. The van der Waals surface area contributed by atoms with Gasteiger partial charge in [0, 0.05) is 6.42 Å². The second-order valence-electron chi connectivity index (χ2n) is 7.12. The number of benzene rings is 1. The fraction of sp³-hybridized carbons (Fsp3) is 0.400. The summed E-state index contributed by atoms with van der Waals surface area (Å²) in [4.78, 5) is 52.5. The number of allylic oxidation sites excluding steroid dienone is 1. The Morgan fingerprint density at radius 2 is 2.04 bits per heavy atom. The van der Waals surface area contributed by atoms with Gasteiger partial charge in [0.25, 0.3) is 5.91 Å². The molecule has 2 atom stereocenters. The van der Waals surface area contributed by atoms with Crippen LogP contribution in [-0.2, 0) is 14.4 Å². The van der Waals surface area contributed by atoms with Gasteiger partial charge < -0.3 is 15.3 Å². The van der Waals surface area contributed by atoms with E-state index in [1.165, 1.54) is 4.90 Å². The lowest BCUT2D eigenvalue weighted by molar-refractivity contribution is -0.141. The number of nitrogens with one attached hydrogen (secondary N) is 1. The third kappa shape index (κ3) is 3.26. The lowest BCUT2D eigenvalue weighted by atomic mass is 9.98. The highest BCUT2D eigenvalue weighted by atomic mass is 16.4. The molecule has 8 nitrogen and oxygen atoms in total. The van der Waals surface area contributed by atoms with E-state index in [1.807, 2.05) is 0 Å². The first-order chi connectivity index (χ1) is 13.3. The molecule has 0 bridgehead atoms. The zero-order chi connectivity index (χ0) is 20.5. The minimum Gasteiger partial charge on any atom is -0.480 e. The molecule has 0 spiro atoms. The summed E-state index contributed by atoms with van der Waals surface area (Å²) in [5.41, 5.74) is -0.0561. The largest absolute Gasteiger partial charge is 0.480 e. The Bertz CT molecular complexity index is 865. The summed E-state index contributed by atoms with van der Waals surface area (Å²) in [5, 5.41) is 11.8. The molecule has 0 aliphatic carbocycles. The first-order valence-corrected chi connectivity index (χ1v) is 9.17. The topological polar surface area (TPSA) is 107 Å². The standard InChI is InChI=1S/C20H23N3O5/c1-3-4-8-14(19(27)28)21-16(24)12-22-18(26)13-7-5-6-9-15(13)23-17(25)10-11-20(22,23)2/h3-7,9,14H,8,10-12H2,1-2H3,(H,21,24)(H,27,28)/b4-3+. The van der Waals surface area contributed by atoms with Crippen LogP contribution in [0.5, 0.6) is 0 Å². The number of anilines is 1. The minimum absolute atomic E-state index is 0.107. The smallest absolute Gasteiger partial charge is 0.326 e. The fourth-order valence-electron chi connectivity index (χ4n) is 3.82. The van der Waals surface area contributed by atoms with E-state index in [0.29, 0.717) is 17.7 Å². The molecule has 0 radical (unpaired) electrons. The molecule has 3 amide bonds. The molecule has 1 aromatic carbocycles. The van der Waals surface area contributed by atoms with Gasteiger partial charge in [-0.3, -0.25) is 19.3 Å². The molecule has 0 aromatic heterocycles. The predicted octanol–water partition coefficient (Wildman–Crippen LogP) is 1.52. The van der Waals surface area contributed by atoms with Crippen LogP contribution in [0.4, 0.5) is 5.69 Å². The summed E-state index contributed by atoms with van der Waals surface area (Å²) in [7, 11) is 0. The Morgan fingerprint density at radius 3 is 2.71 bits per heavy atom. The number of para-hydroxylation sites is 1. The summed E-state index contributed by atoms with van der Waals surface area (Å²) in [6, 6.07) is 5.74. The van der Waals surface area contributed by atoms with Crippen LogP contribution in [0.3, 0.4) is 0 Å². The SMILES string of the molecule is C/C=C/CC(NC(=O)CN1C(=O)c2ccccc2N2C(=O)CCC12C)C(=O)O. The van der Waals surface area contributed by atoms with E-state index >= 15 is 0 Å². The number of hydrogen-bond acceptors (Lipinski definition) is 4. The first kappa shape index (κ1) is 19.6. The summed E-state index contributed by atoms with van der Waals surface area (Å²) in [5.74, 6) is -2.18. The van der Waals surface area contributed by atoms with Gasteiger partial charge in [0.15, 0.2) is 0 Å². The van der Waals surface area contributed by atoms with Crippen LogP contribution in [0.25, 0.3) is 0 Å². The zero-order valence-corrected chi connectivity index (χ0v) is 15.8. The van der Waals surface area contributed by atoms with Gasteiger partial charge in [-0.1, -0.05) is 24.3 Å². The van der Waals surface area contributed by atoms with Gasteiger partial charge in [-0.05, 0) is 38.8 Å². The average molecular weight is 385 g/mol. The van der Waals surface area contributed by atoms with E-state index in [0.717, 1.165) is 0 Å².